The first-order valence-electron chi connectivity index (χ1n) is 5.43. The number of halogens is 2. The molecule has 3 nitrogen and oxygen atoms in total. The van der Waals surface area contributed by atoms with Gasteiger partial charge in [-0.3, -0.25) is 0 Å². The van der Waals surface area contributed by atoms with Crippen LogP contribution in [0.3, 0.4) is 0 Å². The van der Waals surface area contributed by atoms with Crippen LogP contribution in [-0.2, 0) is 0 Å². The van der Waals surface area contributed by atoms with E-state index in [-0.39, 0.29) is 11.8 Å². The Morgan fingerprint density at radius 1 is 1.33 bits per heavy atom. The number of hydrogen-bond donors (Lipinski definition) is 2. The predicted molar refractivity (Wildman–Crippen MR) is 72.0 cm³/mol. The summed E-state index contributed by atoms with van der Waals surface area (Å²) in [6.07, 6.45) is 1.68. The van der Waals surface area contributed by atoms with E-state index < -0.39 is 5.82 Å². The zero-order chi connectivity index (χ0) is 13.1. The SMILES string of the molecule is CC(Nc1ccc(Br)nc1)c1ccc(F)cc1O. The van der Waals surface area contributed by atoms with Crippen LogP contribution >= 0.6 is 15.9 Å². The van der Waals surface area contributed by atoms with Crippen LogP contribution in [0, 0.1) is 5.82 Å². The maximum atomic E-state index is 12.9. The average molecular weight is 311 g/mol. The molecular formula is C13H12BrFN2O. The Kier molecular flexibility index (Phi) is 3.81. The van der Waals surface area contributed by atoms with E-state index in [1.165, 1.54) is 6.07 Å². The van der Waals surface area contributed by atoms with Crippen molar-refractivity contribution in [2.45, 2.75) is 13.0 Å². The van der Waals surface area contributed by atoms with Crippen LogP contribution in [0.2, 0.25) is 0 Å². The number of benzene rings is 1. The summed E-state index contributed by atoms with van der Waals surface area (Å²) in [5, 5.41) is 12.9. The summed E-state index contributed by atoms with van der Waals surface area (Å²) in [6, 6.07) is 7.54. The third-order valence-corrected chi connectivity index (χ3v) is 3.04. The first kappa shape index (κ1) is 12.8. The average Bonchev–Trinajstić information content (AvgIpc) is 2.32. The standard InChI is InChI=1S/C13H12BrFN2O/c1-8(11-4-2-9(15)6-12(11)18)17-10-3-5-13(14)16-7-10/h2-8,17-18H,1H3. The van der Waals surface area contributed by atoms with Gasteiger partial charge in [0.1, 0.15) is 16.2 Å². The predicted octanol–water partition coefficient (Wildman–Crippen LogP) is 3.86. The fraction of sp³-hybridized carbons (Fsp3) is 0.154. The van der Waals surface area contributed by atoms with Gasteiger partial charge in [-0.15, -0.1) is 0 Å². The van der Waals surface area contributed by atoms with Crippen molar-refractivity contribution in [3.05, 3.63) is 52.5 Å². The molecule has 2 aromatic rings. The van der Waals surface area contributed by atoms with E-state index in [0.717, 1.165) is 16.4 Å². The van der Waals surface area contributed by atoms with Crippen LogP contribution < -0.4 is 5.32 Å². The number of rotatable bonds is 3. The molecule has 5 heteroatoms. The van der Waals surface area contributed by atoms with Gasteiger partial charge in [-0.25, -0.2) is 9.37 Å². The normalized spacial score (nSPS) is 12.2. The number of phenolic OH excluding ortho intramolecular Hbond substituents is 1. The van der Waals surface area contributed by atoms with Crippen molar-refractivity contribution < 1.29 is 9.50 Å². The molecule has 1 aromatic carbocycles. The molecule has 0 aliphatic carbocycles. The molecule has 1 atom stereocenters. The Morgan fingerprint density at radius 2 is 2.11 bits per heavy atom. The largest absolute Gasteiger partial charge is 0.507 e. The van der Waals surface area contributed by atoms with E-state index in [2.05, 4.69) is 26.2 Å². The lowest BCUT2D eigenvalue weighted by molar-refractivity contribution is 0.459. The van der Waals surface area contributed by atoms with Crippen LogP contribution in [0.4, 0.5) is 10.1 Å². The molecule has 94 valence electrons. The van der Waals surface area contributed by atoms with Crippen molar-refractivity contribution in [3.63, 3.8) is 0 Å². The van der Waals surface area contributed by atoms with Crippen molar-refractivity contribution in [2.75, 3.05) is 5.32 Å². The summed E-state index contributed by atoms with van der Waals surface area (Å²) < 4.78 is 13.6. The summed E-state index contributed by atoms with van der Waals surface area (Å²) in [4.78, 5) is 4.09. The van der Waals surface area contributed by atoms with Crippen LogP contribution in [0.1, 0.15) is 18.5 Å². The second-order valence-electron chi connectivity index (χ2n) is 3.94. The summed E-state index contributed by atoms with van der Waals surface area (Å²) in [5.74, 6) is -0.506. The molecule has 0 fully saturated rings. The zero-order valence-electron chi connectivity index (χ0n) is 9.69. The number of nitrogens with zero attached hydrogens (tertiary/aromatic N) is 1. The third-order valence-electron chi connectivity index (χ3n) is 2.57. The minimum Gasteiger partial charge on any atom is -0.507 e. The van der Waals surface area contributed by atoms with E-state index >= 15 is 0 Å². The van der Waals surface area contributed by atoms with Gasteiger partial charge in [0.05, 0.1) is 17.9 Å². The van der Waals surface area contributed by atoms with E-state index in [4.69, 9.17) is 0 Å². The third kappa shape index (κ3) is 2.98. The Labute approximate surface area is 113 Å². The molecular weight excluding hydrogens is 299 g/mol. The Hall–Kier alpha value is -1.62. The van der Waals surface area contributed by atoms with Gasteiger partial charge in [0.2, 0.25) is 0 Å². The molecule has 0 saturated heterocycles. The van der Waals surface area contributed by atoms with Crippen molar-refractivity contribution >= 4 is 21.6 Å². The highest BCUT2D eigenvalue weighted by molar-refractivity contribution is 9.10. The quantitative estimate of drug-likeness (QED) is 0.846. The molecule has 1 unspecified atom stereocenters. The van der Waals surface area contributed by atoms with Gasteiger partial charge < -0.3 is 10.4 Å². The van der Waals surface area contributed by atoms with Gasteiger partial charge in [-0.05, 0) is 41.1 Å². The molecule has 2 N–H and O–H groups in total. The van der Waals surface area contributed by atoms with Crippen LogP contribution in [0.15, 0.2) is 41.1 Å². The number of anilines is 1. The number of aromatic nitrogens is 1. The van der Waals surface area contributed by atoms with Crippen molar-refractivity contribution in [1.82, 2.24) is 4.98 Å². The van der Waals surface area contributed by atoms with Crippen LogP contribution in [0.5, 0.6) is 5.75 Å². The van der Waals surface area contributed by atoms with E-state index in [1.807, 2.05) is 19.1 Å². The lowest BCUT2D eigenvalue weighted by Crippen LogP contribution is -2.07. The molecule has 0 radical (unpaired) electrons. The number of pyridine rings is 1. The number of hydrogen-bond acceptors (Lipinski definition) is 3. The second-order valence-corrected chi connectivity index (χ2v) is 4.75. The highest BCUT2D eigenvalue weighted by atomic mass is 79.9. The molecule has 0 bridgehead atoms. The second kappa shape index (κ2) is 5.35. The summed E-state index contributed by atoms with van der Waals surface area (Å²) >= 11 is 3.26. The first-order valence-corrected chi connectivity index (χ1v) is 6.22. The molecule has 0 aliphatic heterocycles. The molecule has 18 heavy (non-hydrogen) atoms. The van der Waals surface area contributed by atoms with Gasteiger partial charge in [-0.1, -0.05) is 6.07 Å². The molecule has 2 rings (SSSR count). The van der Waals surface area contributed by atoms with Gasteiger partial charge in [0.15, 0.2) is 0 Å². The van der Waals surface area contributed by atoms with Gasteiger partial charge in [-0.2, -0.15) is 0 Å². The molecule has 1 heterocycles. The Morgan fingerprint density at radius 3 is 2.72 bits per heavy atom. The highest BCUT2D eigenvalue weighted by Crippen LogP contribution is 2.27. The van der Waals surface area contributed by atoms with E-state index in [0.29, 0.717) is 5.56 Å². The van der Waals surface area contributed by atoms with Crippen LogP contribution in [0.25, 0.3) is 0 Å². The fourth-order valence-electron chi connectivity index (χ4n) is 1.67. The number of aromatic hydroxyl groups is 1. The maximum absolute atomic E-state index is 12.9. The fourth-order valence-corrected chi connectivity index (χ4v) is 1.91. The topological polar surface area (TPSA) is 45.2 Å². The smallest absolute Gasteiger partial charge is 0.126 e. The molecule has 0 spiro atoms. The Bertz CT molecular complexity index is 545. The minimum absolute atomic E-state index is 0.0555. The lowest BCUT2D eigenvalue weighted by atomic mass is 10.1. The number of phenols is 1. The van der Waals surface area contributed by atoms with Crippen molar-refractivity contribution in [1.29, 1.82) is 0 Å². The van der Waals surface area contributed by atoms with Gasteiger partial charge >= 0.3 is 0 Å². The molecule has 0 saturated carbocycles. The van der Waals surface area contributed by atoms with Crippen molar-refractivity contribution in [3.8, 4) is 5.75 Å². The van der Waals surface area contributed by atoms with Crippen molar-refractivity contribution in [2.24, 2.45) is 0 Å². The molecule has 0 amide bonds. The van der Waals surface area contributed by atoms with Gasteiger partial charge in [0, 0.05) is 11.6 Å². The highest BCUT2D eigenvalue weighted by Gasteiger charge is 2.11. The summed E-state index contributed by atoms with van der Waals surface area (Å²) in [6.45, 7) is 1.88. The van der Waals surface area contributed by atoms with Gasteiger partial charge in [0.25, 0.3) is 0 Å². The monoisotopic (exact) mass is 310 g/mol. The molecule has 1 aromatic heterocycles. The Balaban J connectivity index is 2.16. The van der Waals surface area contributed by atoms with Crippen LogP contribution in [-0.4, -0.2) is 10.1 Å². The molecule has 0 aliphatic rings. The maximum Gasteiger partial charge on any atom is 0.126 e. The number of nitrogens with one attached hydrogen (secondary N) is 1. The minimum atomic E-state index is -0.450. The summed E-state index contributed by atoms with van der Waals surface area (Å²) in [7, 11) is 0. The zero-order valence-corrected chi connectivity index (χ0v) is 11.3. The summed E-state index contributed by atoms with van der Waals surface area (Å²) in [5.41, 5.74) is 1.47. The lowest BCUT2D eigenvalue weighted by Gasteiger charge is -2.16. The van der Waals surface area contributed by atoms with E-state index in [9.17, 15) is 9.50 Å². The van der Waals surface area contributed by atoms with E-state index in [1.54, 1.807) is 12.3 Å². The first-order chi connectivity index (χ1) is 8.56.